The van der Waals surface area contributed by atoms with E-state index in [1.54, 1.807) is 36.4 Å². The third-order valence-electron chi connectivity index (χ3n) is 5.02. The van der Waals surface area contributed by atoms with E-state index in [4.69, 9.17) is 4.74 Å². The zero-order valence-electron chi connectivity index (χ0n) is 18.0. The number of nitro benzene ring substituents is 1. The Morgan fingerprint density at radius 1 is 1.03 bits per heavy atom. The largest absolute Gasteiger partial charge is 0.449 e. The van der Waals surface area contributed by atoms with Crippen molar-refractivity contribution in [2.75, 3.05) is 0 Å². The Kier molecular flexibility index (Phi) is 7.18. The smallest absolute Gasteiger partial charge is 0.416 e. The third kappa shape index (κ3) is 5.60. The number of carbonyl (C=O) groups is 2. The monoisotopic (exact) mass is 578 g/mol. The minimum absolute atomic E-state index is 0.0379. The van der Waals surface area contributed by atoms with Gasteiger partial charge in [-0.3, -0.25) is 24.6 Å². The summed E-state index contributed by atoms with van der Waals surface area (Å²) in [6.45, 7) is 0.0858. The van der Waals surface area contributed by atoms with Gasteiger partial charge in [-0.25, -0.2) is 0 Å². The standard InChI is InChI=1S/C24H14BrF3N2O5S/c25-17-7-9-19(35-20-8-6-16(24(26,27)28)12-18(20)30(33)34)15(10-17)11-21-22(31)29(23(32)36-21)13-14-4-2-1-3-5-14/h1-12H,13H2/b21-11+. The number of ether oxygens (including phenoxy) is 1. The summed E-state index contributed by atoms with van der Waals surface area (Å²) in [5.41, 5.74) is -1.02. The zero-order valence-corrected chi connectivity index (χ0v) is 20.4. The van der Waals surface area contributed by atoms with Crippen LogP contribution in [0.4, 0.5) is 23.7 Å². The number of thioether (sulfide) groups is 1. The molecule has 0 radical (unpaired) electrons. The number of amides is 2. The van der Waals surface area contributed by atoms with Crippen LogP contribution >= 0.6 is 27.7 Å². The molecule has 0 aliphatic carbocycles. The summed E-state index contributed by atoms with van der Waals surface area (Å²) in [6.07, 6.45) is -3.37. The molecule has 3 aromatic rings. The van der Waals surface area contributed by atoms with Crippen molar-refractivity contribution in [3.05, 3.63) is 103 Å². The molecule has 1 fully saturated rings. The summed E-state index contributed by atoms with van der Waals surface area (Å²) in [6, 6.07) is 15.4. The van der Waals surface area contributed by atoms with E-state index in [1.807, 2.05) is 6.07 Å². The van der Waals surface area contributed by atoms with E-state index in [0.717, 1.165) is 28.3 Å². The second-order valence-electron chi connectivity index (χ2n) is 7.48. The first kappa shape index (κ1) is 25.5. The Hall–Kier alpha value is -3.64. The van der Waals surface area contributed by atoms with Crippen molar-refractivity contribution in [1.29, 1.82) is 0 Å². The molecule has 1 heterocycles. The van der Waals surface area contributed by atoms with Crippen molar-refractivity contribution in [3.8, 4) is 11.5 Å². The maximum absolute atomic E-state index is 13.0. The molecule has 0 saturated carbocycles. The molecule has 4 rings (SSSR count). The molecule has 36 heavy (non-hydrogen) atoms. The topological polar surface area (TPSA) is 89.7 Å². The molecule has 3 aromatic carbocycles. The van der Waals surface area contributed by atoms with Gasteiger partial charge in [0.25, 0.3) is 11.1 Å². The number of halogens is 4. The summed E-state index contributed by atoms with van der Waals surface area (Å²) in [4.78, 5) is 37.0. The number of carbonyl (C=O) groups excluding carboxylic acids is 2. The number of hydrogen-bond donors (Lipinski definition) is 0. The summed E-state index contributed by atoms with van der Waals surface area (Å²) in [5.74, 6) is -0.904. The number of imide groups is 1. The molecule has 1 aliphatic heterocycles. The lowest BCUT2D eigenvalue weighted by atomic mass is 10.1. The molecular formula is C24H14BrF3N2O5S. The summed E-state index contributed by atoms with van der Waals surface area (Å²) < 4.78 is 45.3. The van der Waals surface area contributed by atoms with Gasteiger partial charge < -0.3 is 4.74 Å². The average Bonchev–Trinajstić information content (AvgIpc) is 3.08. The van der Waals surface area contributed by atoms with Crippen LogP contribution in [0.25, 0.3) is 6.08 Å². The molecule has 2 amide bonds. The van der Waals surface area contributed by atoms with E-state index in [0.29, 0.717) is 16.6 Å². The molecule has 0 aromatic heterocycles. The normalized spacial score (nSPS) is 15.0. The molecule has 0 N–H and O–H groups in total. The van der Waals surface area contributed by atoms with Gasteiger partial charge in [0.05, 0.1) is 21.9 Å². The van der Waals surface area contributed by atoms with Crippen molar-refractivity contribution < 1.29 is 32.4 Å². The number of nitrogens with zero attached hydrogens (tertiary/aromatic N) is 2. The van der Waals surface area contributed by atoms with Gasteiger partial charge in [-0.2, -0.15) is 13.2 Å². The lowest BCUT2D eigenvalue weighted by Gasteiger charge is -2.13. The fourth-order valence-electron chi connectivity index (χ4n) is 3.31. The lowest BCUT2D eigenvalue weighted by molar-refractivity contribution is -0.385. The van der Waals surface area contributed by atoms with E-state index < -0.39 is 39.2 Å². The van der Waals surface area contributed by atoms with Crippen LogP contribution in [0.15, 0.2) is 76.1 Å². The molecule has 0 spiro atoms. The van der Waals surface area contributed by atoms with E-state index in [-0.39, 0.29) is 22.8 Å². The van der Waals surface area contributed by atoms with Crippen molar-refractivity contribution in [3.63, 3.8) is 0 Å². The Morgan fingerprint density at radius 3 is 2.39 bits per heavy atom. The highest BCUT2D eigenvalue weighted by molar-refractivity contribution is 9.10. The van der Waals surface area contributed by atoms with E-state index in [1.165, 1.54) is 12.1 Å². The van der Waals surface area contributed by atoms with Crippen LogP contribution in [0.5, 0.6) is 11.5 Å². The fourth-order valence-corrected chi connectivity index (χ4v) is 4.52. The first-order valence-corrected chi connectivity index (χ1v) is 11.8. The molecule has 1 aliphatic rings. The fraction of sp³-hybridized carbons (Fsp3) is 0.0833. The van der Waals surface area contributed by atoms with E-state index >= 15 is 0 Å². The van der Waals surface area contributed by atoms with Crippen LogP contribution in [0.3, 0.4) is 0 Å². The Labute approximate surface area is 214 Å². The van der Waals surface area contributed by atoms with Gasteiger partial charge in [-0.1, -0.05) is 46.3 Å². The zero-order chi connectivity index (χ0) is 26.0. The molecule has 0 unspecified atom stereocenters. The molecule has 0 atom stereocenters. The number of rotatable bonds is 6. The summed E-state index contributed by atoms with van der Waals surface area (Å²) in [7, 11) is 0. The number of benzene rings is 3. The quantitative estimate of drug-likeness (QED) is 0.172. The summed E-state index contributed by atoms with van der Waals surface area (Å²) in [5, 5.41) is 11.0. The molecule has 12 heteroatoms. The van der Waals surface area contributed by atoms with Gasteiger partial charge >= 0.3 is 11.9 Å². The first-order valence-electron chi connectivity index (χ1n) is 10.2. The van der Waals surface area contributed by atoms with Gasteiger partial charge in [-0.05, 0) is 53.7 Å². The van der Waals surface area contributed by atoms with Crippen molar-refractivity contribution >= 4 is 50.6 Å². The predicted octanol–water partition coefficient (Wildman–Crippen LogP) is 7.40. The van der Waals surface area contributed by atoms with Crippen LogP contribution in [0, 0.1) is 10.1 Å². The lowest BCUT2D eigenvalue weighted by Crippen LogP contribution is -2.27. The number of hydrogen-bond acceptors (Lipinski definition) is 6. The Balaban J connectivity index is 1.66. The second kappa shape index (κ2) is 10.2. The highest BCUT2D eigenvalue weighted by Crippen LogP contribution is 2.40. The van der Waals surface area contributed by atoms with E-state index in [9.17, 15) is 32.9 Å². The van der Waals surface area contributed by atoms with Gasteiger partial charge in [-0.15, -0.1) is 0 Å². The maximum atomic E-state index is 13.0. The molecule has 184 valence electrons. The first-order chi connectivity index (χ1) is 17.0. The molecule has 7 nitrogen and oxygen atoms in total. The molecular weight excluding hydrogens is 565 g/mol. The van der Waals surface area contributed by atoms with Crippen LogP contribution < -0.4 is 4.74 Å². The Morgan fingerprint density at radius 2 is 1.72 bits per heavy atom. The van der Waals surface area contributed by atoms with Gasteiger partial charge in [0.2, 0.25) is 5.75 Å². The third-order valence-corrected chi connectivity index (χ3v) is 6.42. The van der Waals surface area contributed by atoms with Crippen LogP contribution in [0.1, 0.15) is 16.7 Å². The second-order valence-corrected chi connectivity index (χ2v) is 9.38. The van der Waals surface area contributed by atoms with Crippen molar-refractivity contribution in [2.24, 2.45) is 0 Å². The van der Waals surface area contributed by atoms with E-state index in [2.05, 4.69) is 15.9 Å². The predicted molar refractivity (Wildman–Crippen MR) is 130 cm³/mol. The molecule has 1 saturated heterocycles. The number of nitro groups is 1. The van der Waals surface area contributed by atoms with Gasteiger partial charge in [0, 0.05) is 16.1 Å². The minimum atomic E-state index is -4.77. The number of alkyl halides is 3. The van der Waals surface area contributed by atoms with Crippen LogP contribution in [-0.4, -0.2) is 21.0 Å². The van der Waals surface area contributed by atoms with Gasteiger partial charge in [0.15, 0.2) is 0 Å². The average molecular weight is 579 g/mol. The van der Waals surface area contributed by atoms with Crippen LogP contribution in [-0.2, 0) is 17.5 Å². The van der Waals surface area contributed by atoms with Crippen LogP contribution in [0.2, 0.25) is 0 Å². The molecule has 0 bridgehead atoms. The maximum Gasteiger partial charge on any atom is 0.416 e. The highest BCUT2D eigenvalue weighted by atomic mass is 79.9. The van der Waals surface area contributed by atoms with Gasteiger partial charge in [0.1, 0.15) is 5.75 Å². The Bertz CT molecular complexity index is 1400. The minimum Gasteiger partial charge on any atom is -0.449 e. The summed E-state index contributed by atoms with van der Waals surface area (Å²) >= 11 is 4.02. The highest BCUT2D eigenvalue weighted by Gasteiger charge is 2.36. The SMILES string of the molecule is O=C1S/C(=C/c2cc(Br)ccc2Oc2ccc(C(F)(F)F)cc2[N+](=O)[O-])C(=O)N1Cc1ccccc1. The van der Waals surface area contributed by atoms with Crippen molar-refractivity contribution in [1.82, 2.24) is 4.90 Å². The van der Waals surface area contributed by atoms with Crippen molar-refractivity contribution in [2.45, 2.75) is 12.7 Å².